The van der Waals surface area contributed by atoms with E-state index in [1.54, 1.807) is 7.11 Å². The molecule has 1 aliphatic rings. The Hall–Kier alpha value is -2.41. The van der Waals surface area contributed by atoms with Crippen LogP contribution in [-0.4, -0.2) is 53.2 Å². The van der Waals surface area contributed by atoms with Gasteiger partial charge in [0, 0.05) is 43.9 Å². The minimum atomic E-state index is 0.538. The molecule has 1 aliphatic heterocycles. The second-order valence-corrected chi connectivity index (χ2v) is 7.77. The first-order chi connectivity index (χ1) is 14.1. The Morgan fingerprint density at radius 3 is 2.48 bits per heavy atom. The summed E-state index contributed by atoms with van der Waals surface area (Å²) >= 11 is 6.23. The number of hydrogen-bond acceptors (Lipinski definition) is 6. The summed E-state index contributed by atoms with van der Waals surface area (Å²) in [7, 11) is 1.73. The number of benzene rings is 2. The molecule has 6 nitrogen and oxygen atoms in total. The molecule has 0 unspecified atom stereocenters. The van der Waals surface area contributed by atoms with Crippen molar-refractivity contribution in [3.05, 3.63) is 64.5 Å². The third-order valence-electron chi connectivity index (χ3n) is 5.24. The number of aromatic nitrogens is 2. The first-order valence-electron chi connectivity index (χ1n) is 9.78. The van der Waals surface area contributed by atoms with Crippen LogP contribution in [0.4, 0.5) is 0 Å². The Balaban J connectivity index is 1.33. The summed E-state index contributed by atoms with van der Waals surface area (Å²) in [6.07, 6.45) is 0. The first-order valence-corrected chi connectivity index (χ1v) is 10.2. The van der Waals surface area contributed by atoms with E-state index in [2.05, 4.69) is 39.0 Å². The average molecular weight is 413 g/mol. The second-order valence-electron chi connectivity index (χ2n) is 7.36. The number of rotatable bonds is 6. The van der Waals surface area contributed by atoms with Crippen molar-refractivity contribution in [2.24, 2.45) is 0 Å². The summed E-state index contributed by atoms with van der Waals surface area (Å²) in [6, 6.07) is 13.9. The lowest BCUT2D eigenvalue weighted by Gasteiger charge is -2.34. The van der Waals surface area contributed by atoms with Crippen LogP contribution in [0.15, 0.2) is 47.0 Å². The van der Waals surface area contributed by atoms with E-state index in [9.17, 15) is 0 Å². The van der Waals surface area contributed by atoms with Crippen molar-refractivity contribution in [1.82, 2.24) is 19.9 Å². The number of halogens is 1. The smallest absolute Gasteiger partial charge is 0.241 e. The van der Waals surface area contributed by atoms with Crippen LogP contribution in [0, 0.1) is 6.92 Å². The summed E-state index contributed by atoms with van der Waals surface area (Å²) < 4.78 is 11.0. The second kappa shape index (κ2) is 8.95. The van der Waals surface area contributed by atoms with Crippen LogP contribution in [0.1, 0.15) is 17.0 Å². The van der Waals surface area contributed by atoms with Gasteiger partial charge >= 0.3 is 0 Å². The van der Waals surface area contributed by atoms with E-state index in [4.69, 9.17) is 20.9 Å². The lowest BCUT2D eigenvalue weighted by molar-refractivity contribution is 0.111. The van der Waals surface area contributed by atoms with Gasteiger partial charge < -0.3 is 9.26 Å². The number of piperazine rings is 1. The van der Waals surface area contributed by atoms with E-state index >= 15 is 0 Å². The van der Waals surface area contributed by atoms with Crippen LogP contribution in [-0.2, 0) is 13.1 Å². The molecule has 1 fully saturated rings. The Kier molecular flexibility index (Phi) is 6.13. The minimum absolute atomic E-state index is 0.538. The van der Waals surface area contributed by atoms with Crippen molar-refractivity contribution in [1.29, 1.82) is 0 Å². The predicted octanol–water partition coefficient (Wildman–Crippen LogP) is 4.02. The standard InChI is InChI=1S/C22H25ClN4O2/c1-16-7-8-20(28-2)17(13-16)14-26-9-11-27(12-10-26)15-21-24-22(25-29-21)18-5-3-4-6-19(18)23/h3-8,13H,9-12,14-15H2,1-2H3. The highest BCUT2D eigenvalue weighted by Gasteiger charge is 2.21. The quantitative estimate of drug-likeness (QED) is 0.609. The largest absolute Gasteiger partial charge is 0.496 e. The molecule has 1 saturated heterocycles. The molecule has 3 aromatic rings. The van der Waals surface area contributed by atoms with E-state index < -0.39 is 0 Å². The maximum atomic E-state index is 6.23. The molecule has 152 valence electrons. The summed E-state index contributed by atoms with van der Waals surface area (Å²) in [4.78, 5) is 9.32. The van der Waals surface area contributed by atoms with Crippen LogP contribution in [0.3, 0.4) is 0 Å². The normalized spacial score (nSPS) is 15.6. The van der Waals surface area contributed by atoms with Gasteiger partial charge in [-0.15, -0.1) is 0 Å². The lowest BCUT2D eigenvalue weighted by Crippen LogP contribution is -2.45. The fourth-order valence-electron chi connectivity index (χ4n) is 3.64. The van der Waals surface area contributed by atoms with Gasteiger partial charge in [0.25, 0.3) is 0 Å². The van der Waals surface area contributed by atoms with E-state index in [1.807, 2.05) is 30.3 Å². The number of nitrogens with zero attached hydrogens (tertiary/aromatic N) is 4. The molecule has 0 bridgehead atoms. The summed E-state index contributed by atoms with van der Waals surface area (Å²) in [5.74, 6) is 2.11. The molecule has 0 radical (unpaired) electrons. The topological polar surface area (TPSA) is 54.6 Å². The van der Waals surface area contributed by atoms with Gasteiger partial charge in [0.05, 0.1) is 18.7 Å². The molecule has 7 heteroatoms. The molecule has 0 amide bonds. The lowest BCUT2D eigenvalue weighted by atomic mass is 10.1. The molecule has 0 aliphatic carbocycles. The summed E-state index contributed by atoms with van der Waals surface area (Å²) in [5.41, 5.74) is 3.29. The van der Waals surface area contributed by atoms with Gasteiger partial charge in [0.2, 0.25) is 11.7 Å². The van der Waals surface area contributed by atoms with Crippen molar-refractivity contribution < 1.29 is 9.26 Å². The van der Waals surface area contributed by atoms with Gasteiger partial charge in [-0.2, -0.15) is 4.98 Å². The van der Waals surface area contributed by atoms with Crippen LogP contribution in [0.5, 0.6) is 5.75 Å². The molecule has 29 heavy (non-hydrogen) atoms. The highest BCUT2D eigenvalue weighted by molar-refractivity contribution is 6.33. The van der Waals surface area contributed by atoms with Gasteiger partial charge in [0.15, 0.2) is 0 Å². The fourth-order valence-corrected chi connectivity index (χ4v) is 3.86. The monoisotopic (exact) mass is 412 g/mol. The first kappa shape index (κ1) is 19.9. The van der Waals surface area contributed by atoms with Crippen LogP contribution in [0.2, 0.25) is 5.02 Å². The Morgan fingerprint density at radius 1 is 1.03 bits per heavy atom. The third-order valence-corrected chi connectivity index (χ3v) is 5.57. The van der Waals surface area contributed by atoms with Crippen LogP contribution < -0.4 is 4.74 Å². The van der Waals surface area contributed by atoms with E-state index in [0.717, 1.165) is 44.0 Å². The van der Waals surface area contributed by atoms with Gasteiger partial charge in [-0.25, -0.2) is 0 Å². The molecular formula is C22H25ClN4O2. The van der Waals surface area contributed by atoms with Gasteiger partial charge in [0.1, 0.15) is 5.75 Å². The van der Waals surface area contributed by atoms with E-state index in [-0.39, 0.29) is 0 Å². The number of hydrogen-bond donors (Lipinski definition) is 0. The Morgan fingerprint density at radius 2 is 1.76 bits per heavy atom. The fraction of sp³-hybridized carbons (Fsp3) is 0.364. The zero-order chi connectivity index (χ0) is 20.2. The zero-order valence-corrected chi connectivity index (χ0v) is 17.5. The van der Waals surface area contributed by atoms with Gasteiger partial charge in [-0.05, 0) is 25.1 Å². The molecule has 0 saturated carbocycles. The van der Waals surface area contributed by atoms with Crippen LogP contribution in [0.25, 0.3) is 11.4 Å². The average Bonchev–Trinajstić information content (AvgIpc) is 3.18. The molecular weight excluding hydrogens is 388 g/mol. The molecule has 0 atom stereocenters. The Bertz CT molecular complexity index is 967. The molecule has 2 heterocycles. The SMILES string of the molecule is COc1ccc(C)cc1CN1CCN(Cc2nc(-c3ccccc3Cl)no2)CC1. The van der Waals surface area contributed by atoms with E-state index in [0.29, 0.717) is 23.3 Å². The van der Waals surface area contributed by atoms with Crippen molar-refractivity contribution in [2.75, 3.05) is 33.3 Å². The van der Waals surface area contributed by atoms with Crippen molar-refractivity contribution >= 4 is 11.6 Å². The number of ether oxygens (including phenoxy) is 1. The van der Waals surface area contributed by atoms with Crippen molar-refractivity contribution in [2.45, 2.75) is 20.0 Å². The van der Waals surface area contributed by atoms with Gasteiger partial charge in [-0.1, -0.05) is 46.6 Å². The van der Waals surface area contributed by atoms with Crippen molar-refractivity contribution in [3.63, 3.8) is 0 Å². The third kappa shape index (κ3) is 4.78. The molecule has 0 spiro atoms. The maximum absolute atomic E-state index is 6.23. The van der Waals surface area contributed by atoms with Gasteiger partial charge in [-0.3, -0.25) is 9.80 Å². The minimum Gasteiger partial charge on any atom is -0.496 e. The summed E-state index contributed by atoms with van der Waals surface area (Å²) in [5, 5.41) is 4.71. The molecule has 1 aromatic heterocycles. The highest BCUT2D eigenvalue weighted by atomic mass is 35.5. The van der Waals surface area contributed by atoms with Crippen molar-refractivity contribution in [3.8, 4) is 17.1 Å². The number of methoxy groups -OCH3 is 1. The van der Waals surface area contributed by atoms with E-state index in [1.165, 1.54) is 11.1 Å². The highest BCUT2D eigenvalue weighted by Crippen LogP contribution is 2.25. The Labute approximate surface area is 176 Å². The molecule has 2 aromatic carbocycles. The van der Waals surface area contributed by atoms with Crippen LogP contribution >= 0.6 is 11.6 Å². The predicted molar refractivity (Wildman–Crippen MR) is 113 cm³/mol. The zero-order valence-electron chi connectivity index (χ0n) is 16.8. The maximum Gasteiger partial charge on any atom is 0.241 e. The summed E-state index contributed by atoms with van der Waals surface area (Å²) in [6.45, 7) is 7.55. The molecule has 0 N–H and O–H groups in total. The molecule has 4 rings (SSSR count). The number of aryl methyl sites for hydroxylation is 1.